The van der Waals surface area contributed by atoms with Crippen molar-refractivity contribution in [1.29, 1.82) is 0 Å². The highest BCUT2D eigenvalue weighted by molar-refractivity contribution is 7.80. The molecule has 1 heterocycles. The lowest BCUT2D eigenvalue weighted by atomic mass is 9.96. The van der Waals surface area contributed by atoms with Gasteiger partial charge in [0.05, 0.1) is 19.8 Å². The molecule has 0 aromatic heterocycles. The van der Waals surface area contributed by atoms with Crippen LogP contribution in [0.4, 0.5) is 4.39 Å². The second-order valence-corrected chi connectivity index (χ2v) is 7.47. The molecule has 1 atom stereocenters. The number of benzene rings is 1. The average Bonchev–Trinajstić information content (AvgIpc) is 2.65. The molecule has 1 saturated heterocycles. The van der Waals surface area contributed by atoms with Gasteiger partial charge in [-0.3, -0.25) is 0 Å². The van der Waals surface area contributed by atoms with E-state index < -0.39 is 0 Å². The van der Waals surface area contributed by atoms with E-state index >= 15 is 0 Å². The first kappa shape index (κ1) is 18.5. The van der Waals surface area contributed by atoms with E-state index in [1.165, 1.54) is 37.0 Å². The fourth-order valence-corrected chi connectivity index (χ4v) is 4.10. The minimum atomic E-state index is -0.193. The Morgan fingerprint density at radius 1 is 1.16 bits per heavy atom. The maximum Gasteiger partial charge on any atom is 0.166 e. The number of quaternary nitrogens is 1. The molecule has 3 rings (SSSR count). The van der Waals surface area contributed by atoms with Gasteiger partial charge in [0.2, 0.25) is 0 Å². The van der Waals surface area contributed by atoms with E-state index in [1.807, 2.05) is 12.1 Å². The third-order valence-electron chi connectivity index (χ3n) is 5.31. The van der Waals surface area contributed by atoms with E-state index in [2.05, 4.69) is 10.6 Å². The molecule has 0 bridgehead atoms. The lowest BCUT2D eigenvalue weighted by Crippen LogP contribution is -3.15. The molecule has 1 aromatic carbocycles. The predicted molar refractivity (Wildman–Crippen MR) is 101 cm³/mol. The van der Waals surface area contributed by atoms with Gasteiger partial charge in [0.25, 0.3) is 0 Å². The summed E-state index contributed by atoms with van der Waals surface area (Å²) in [5.41, 5.74) is 1.14. The summed E-state index contributed by atoms with van der Waals surface area (Å²) >= 11 is 5.51. The second kappa shape index (κ2) is 9.46. The van der Waals surface area contributed by atoms with Gasteiger partial charge in [-0.15, -0.1) is 0 Å². The first-order valence-corrected chi connectivity index (χ1v) is 9.85. The van der Waals surface area contributed by atoms with Gasteiger partial charge in [-0.1, -0.05) is 31.4 Å². The molecule has 138 valence electrons. The summed E-state index contributed by atoms with van der Waals surface area (Å²) in [5, 5.41) is 7.61. The van der Waals surface area contributed by atoms with E-state index in [0.717, 1.165) is 43.5 Å². The lowest BCUT2D eigenvalue weighted by Gasteiger charge is -2.32. The average molecular weight is 367 g/mol. The molecule has 25 heavy (non-hydrogen) atoms. The zero-order valence-electron chi connectivity index (χ0n) is 14.7. The molecule has 0 amide bonds. The molecule has 0 radical (unpaired) electrons. The van der Waals surface area contributed by atoms with Crippen LogP contribution in [0, 0.1) is 5.82 Å². The molecule has 0 unspecified atom stereocenters. The normalized spacial score (nSPS) is 20.8. The number of nitrogens with one attached hydrogen (secondary N) is 3. The van der Waals surface area contributed by atoms with Gasteiger partial charge in [0.1, 0.15) is 24.9 Å². The van der Waals surface area contributed by atoms with Crippen molar-refractivity contribution in [1.82, 2.24) is 10.6 Å². The highest BCUT2D eigenvalue weighted by atomic mass is 32.1. The minimum absolute atomic E-state index is 0.193. The van der Waals surface area contributed by atoms with Crippen molar-refractivity contribution in [2.24, 2.45) is 0 Å². The maximum absolute atomic E-state index is 13.3. The second-order valence-electron chi connectivity index (χ2n) is 7.06. The number of rotatable bonds is 5. The number of hydrogen-bond acceptors (Lipinski definition) is 2. The fourth-order valence-electron chi connectivity index (χ4n) is 3.85. The molecular weight excluding hydrogens is 337 g/mol. The van der Waals surface area contributed by atoms with E-state index in [1.54, 1.807) is 12.1 Å². The summed E-state index contributed by atoms with van der Waals surface area (Å²) in [5.74, 6) is -0.193. The van der Waals surface area contributed by atoms with Crippen LogP contribution in [0.25, 0.3) is 0 Å². The standard InChI is InChI=1S/C19H28FN3OS/c20-16-8-6-15(7-9-16)18(23-10-12-24-13-11-23)14-21-19(25)22-17-4-2-1-3-5-17/h6-9,17-18H,1-5,10-14H2,(H2,21,22,25)/p+1/t18-/m1/s1. The van der Waals surface area contributed by atoms with Crippen LogP contribution in [-0.2, 0) is 4.74 Å². The Hall–Kier alpha value is -1.24. The zero-order valence-corrected chi connectivity index (χ0v) is 15.5. The Bertz CT molecular complexity index is 542. The molecule has 0 spiro atoms. The number of halogens is 1. The lowest BCUT2D eigenvalue weighted by molar-refractivity contribution is -0.937. The van der Waals surface area contributed by atoms with Crippen molar-refractivity contribution in [2.75, 3.05) is 32.8 Å². The van der Waals surface area contributed by atoms with Gasteiger partial charge in [-0.05, 0) is 37.2 Å². The largest absolute Gasteiger partial charge is 0.370 e. The summed E-state index contributed by atoms with van der Waals surface area (Å²) in [7, 11) is 0. The van der Waals surface area contributed by atoms with Crippen molar-refractivity contribution < 1.29 is 14.0 Å². The molecule has 2 aliphatic rings. The maximum atomic E-state index is 13.3. The van der Waals surface area contributed by atoms with Crippen LogP contribution < -0.4 is 15.5 Å². The van der Waals surface area contributed by atoms with Crippen molar-refractivity contribution in [3.8, 4) is 0 Å². The van der Waals surface area contributed by atoms with Gasteiger partial charge in [0, 0.05) is 11.6 Å². The minimum Gasteiger partial charge on any atom is -0.370 e. The van der Waals surface area contributed by atoms with E-state index in [0.29, 0.717) is 6.04 Å². The molecule has 1 aromatic rings. The van der Waals surface area contributed by atoms with Crippen LogP contribution in [0.3, 0.4) is 0 Å². The van der Waals surface area contributed by atoms with Crippen LogP contribution in [0.5, 0.6) is 0 Å². The van der Waals surface area contributed by atoms with E-state index in [9.17, 15) is 4.39 Å². The number of hydrogen-bond donors (Lipinski definition) is 3. The Morgan fingerprint density at radius 3 is 2.52 bits per heavy atom. The summed E-state index contributed by atoms with van der Waals surface area (Å²) in [6.45, 7) is 4.23. The van der Waals surface area contributed by atoms with Gasteiger partial charge in [-0.25, -0.2) is 4.39 Å². The highest BCUT2D eigenvalue weighted by Gasteiger charge is 2.26. The van der Waals surface area contributed by atoms with Crippen LogP contribution >= 0.6 is 12.2 Å². The van der Waals surface area contributed by atoms with Crippen LogP contribution in [0.2, 0.25) is 0 Å². The monoisotopic (exact) mass is 366 g/mol. The van der Waals surface area contributed by atoms with Crippen LogP contribution in [0.1, 0.15) is 43.7 Å². The predicted octanol–water partition coefficient (Wildman–Crippen LogP) is 1.58. The number of morpholine rings is 1. The third-order valence-corrected chi connectivity index (χ3v) is 5.57. The molecule has 1 saturated carbocycles. The van der Waals surface area contributed by atoms with Crippen molar-refractivity contribution in [3.63, 3.8) is 0 Å². The van der Waals surface area contributed by atoms with E-state index in [-0.39, 0.29) is 11.9 Å². The fraction of sp³-hybridized carbons (Fsp3) is 0.632. The van der Waals surface area contributed by atoms with Gasteiger partial charge < -0.3 is 20.3 Å². The van der Waals surface area contributed by atoms with Crippen molar-refractivity contribution in [2.45, 2.75) is 44.2 Å². The number of thiocarbonyl (C=S) groups is 1. The Morgan fingerprint density at radius 2 is 1.84 bits per heavy atom. The summed E-state index contributed by atoms with van der Waals surface area (Å²) < 4.78 is 18.8. The Kier molecular flexibility index (Phi) is 7.02. The first-order chi connectivity index (χ1) is 12.2. The quantitative estimate of drug-likeness (QED) is 0.692. The van der Waals surface area contributed by atoms with Gasteiger partial charge in [-0.2, -0.15) is 0 Å². The molecule has 2 fully saturated rings. The molecule has 6 heteroatoms. The summed E-state index contributed by atoms with van der Waals surface area (Å²) in [6.07, 6.45) is 6.33. The molecular formula is C19H29FN3OS+. The first-order valence-electron chi connectivity index (χ1n) is 9.44. The highest BCUT2D eigenvalue weighted by Crippen LogP contribution is 2.17. The SMILES string of the molecule is Fc1ccc([C@@H](CNC(=S)NC2CCCCC2)[NH+]2CCOCC2)cc1. The molecule has 4 nitrogen and oxygen atoms in total. The molecule has 1 aliphatic heterocycles. The third kappa shape index (κ3) is 5.62. The van der Waals surface area contributed by atoms with E-state index in [4.69, 9.17) is 17.0 Å². The number of ether oxygens (including phenoxy) is 1. The topological polar surface area (TPSA) is 37.7 Å². The summed E-state index contributed by atoms with van der Waals surface area (Å²) in [6, 6.07) is 7.62. The molecule has 3 N–H and O–H groups in total. The molecule has 1 aliphatic carbocycles. The van der Waals surface area contributed by atoms with Gasteiger partial charge in [0.15, 0.2) is 5.11 Å². The smallest absolute Gasteiger partial charge is 0.166 e. The van der Waals surface area contributed by atoms with Gasteiger partial charge >= 0.3 is 0 Å². The van der Waals surface area contributed by atoms with Crippen molar-refractivity contribution in [3.05, 3.63) is 35.6 Å². The Labute approximate surface area is 155 Å². The van der Waals surface area contributed by atoms with Crippen molar-refractivity contribution >= 4 is 17.3 Å². The zero-order chi connectivity index (χ0) is 17.5. The Balaban J connectivity index is 1.58. The van der Waals surface area contributed by atoms with Crippen LogP contribution in [0.15, 0.2) is 24.3 Å². The summed E-state index contributed by atoms with van der Waals surface area (Å²) in [4.78, 5) is 1.46. The van der Waals surface area contributed by atoms with Crippen LogP contribution in [-0.4, -0.2) is 44.0 Å².